The number of amides is 4. The molecule has 0 aliphatic rings. The van der Waals surface area contributed by atoms with E-state index < -0.39 is 18.1 Å². The zero-order valence-corrected chi connectivity index (χ0v) is 25.8. The normalized spacial score (nSPS) is 13.9. The van der Waals surface area contributed by atoms with Crippen molar-refractivity contribution in [2.75, 3.05) is 33.7 Å². The minimum Gasteiger partial charge on any atom is -0.359 e. The zero-order valence-electron chi connectivity index (χ0n) is 25.8. The van der Waals surface area contributed by atoms with Crippen LogP contribution in [0.1, 0.15) is 97.3 Å². The van der Waals surface area contributed by atoms with Gasteiger partial charge in [-0.15, -0.1) is 0 Å². The molecule has 12 nitrogen and oxygen atoms in total. The highest BCUT2D eigenvalue weighted by molar-refractivity contribution is 5.90. The van der Waals surface area contributed by atoms with Crippen molar-refractivity contribution in [1.82, 2.24) is 31.9 Å². The molecule has 0 aromatic heterocycles. The summed E-state index contributed by atoms with van der Waals surface area (Å²) >= 11 is 0. The Morgan fingerprint density at radius 2 is 1.29 bits per heavy atom. The molecular formula is C29H57N7O5. The van der Waals surface area contributed by atoms with Gasteiger partial charge in [0.15, 0.2) is 0 Å². The van der Waals surface area contributed by atoms with Crippen LogP contribution in [0.2, 0.25) is 0 Å². The highest BCUT2D eigenvalue weighted by atomic mass is 16.2. The predicted molar refractivity (Wildman–Crippen MR) is 162 cm³/mol. The van der Waals surface area contributed by atoms with Crippen LogP contribution in [0.3, 0.4) is 0 Å². The number of carbonyl (C=O) groups is 5. The Morgan fingerprint density at radius 3 is 1.88 bits per heavy atom. The lowest BCUT2D eigenvalue weighted by molar-refractivity contribution is -0.131. The van der Waals surface area contributed by atoms with Crippen molar-refractivity contribution >= 4 is 29.9 Å². The average molecular weight is 584 g/mol. The third-order valence-corrected chi connectivity index (χ3v) is 7.06. The molecule has 4 amide bonds. The number of rotatable bonds is 27. The van der Waals surface area contributed by atoms with Crippen LogP contribution in [0.15, 0.2) is 0 Å². The van der Waals surface area contributed by atoms with E-state index in [2.05, 4.69) is 38.8 Å². The summed E-state index contributed by atoms with van der Waals surface area (Å²) in [5, 5.41) is 17.5. The van der Waals surface area contributed by atoms with Crippen LogP contribution < -0.4 is 37.6 Å². The van der Waals surface area contributed by atoms with Gasteiger partial charge in [-0.05, 0) is 78.9 Å². The van der Waals surface area contributed by atoms with E-state index in [4.69, 9.17) is 5.73 Å². The number of Topliss-reactive ketones (excluding diaryl/α,β-unsaturated/α-hetero) is 1. The smallest absolute Gasteiger partial charge is 0.242 e. The lowest BCUT2D eigenvalue weighted by atomic mass is 10.0. The summed E-state index contributed by atoms with van der Waals surface area (Å²) in [5.74, 6) is -0.714. The van der Waals surface area contributed by atoms with Crippen LogP contribution in [0.4, 0.5) is 0 Å². The van der Waals surface area contributed by atoms with Gasteiger partial charge in [0, 0.05) is 25.6 Å². The van der Waals surface area contributed by atoms with Gasteiger partial charge >= 0.3 is 0 Å². The first-order valence-corrected chi connectivity index (χ1v) is 15.3. The molecule has 41 heavy (non-hydrogen) atoms. The van der Waals surface area contributed by atoms with E-state index in [9.17, 15) is 24.0 Å². The second-order valence-electron chi connectivity index (χ2n) is 10.6. The number of hydrogen-bond donors (Lipinski definition) is 7. The van der Waals surface area contributed by atoms with Gasteiger partial charge in [0.1, 0.15) is 11.8 Å². The van der Waals surface area contributed by atoms with E-state index in [0.717, 1.165) is 38.5 Å². The first-order chi connectivity index (χ1) is 19.7. The molecule has 0 heterocycles. The monoisotopic (exact) mass is 583 g/mol. The van der Waals surface area contributed by atoms with Crippen molar-refractivity contribution in [3.63, 3.8) is 0 Å². The van der Waals surface area contributed by atoms with Crippen LogP contribution in [-0.4, -0.2) is 87.8 Å². The van der Waals surface area contributed by atoms with Gasteiger partial charge in [-0.1, -0.05) is 32.6 Å². The van der Waals surface area contributed by atoms with Crippen LogP contribution in [0.5, 0.6) is 0 Å². The topological polar surface area (TPSA) is 184 Å². The van der Waals surface area contributed by atoms with Gasteiger partial charge in [-0.2, -0.15) is 0 Å². The summed E-state index contributed by atoms with van der Waals surface area (Å²) in [7, 11) is 3.49. The molecule has 0 spiro atoms. The molecule has 0 saturated carbocycles. The molecule has 4 atom stereocenters. The number of nitrogens with one attached hydrogen (secondary N) is 6. The lowest BCUT2D eigenvalue weighted by Crippen LogP contribution is -2.54. The molecule has 4 unspecified atom stereocenters. The van der Waals surface area contributed by atoms with Crippen molar-refractivity contribution in [2.24, 2.45) is 5.73 Å². The number of ketones is 1. The Morgan fingerprint density at radius 1 is 0.707 bits per heavy atom. The standard InChI is InChI=1S/C29H57N7O5/c1-5-6-7-14-24(31-3)27(39)34-19-12-13-23(20-22(2)38)35-29(41)26(16-9-11-18-33-21-37)36-28(40)25(32-4)15-8-10-17-30/h21,23-26,31-32H,5-20,30H2,1-4H3,(H,33,37)(H,34,39)(H,35,41)(H,36,40). The highest BCUT2D eigenvalue weighted by Crippen LogP contribution is 2.09. The summed E-state index contributed by atoms with van der Waals surface area (Å²) < 4.78 is 0. The van der Waals surface area contributed by atoms with E-state index in [-0.39, 0.29) is 36.0 Å². The van der Waals surface area contributed by atoms with Crippen molar-refractivity contribution < 1.29 is 24.0 Å². The third-order valence-electron chi connectivity index (χ3n) is 7.06. The molecule has 0 bridgehead atoms. The second-order valence-corrected chi connectivity index (χ2v) is 10.6. The van der Waals surface area contributed by atoms with E-state index in [1.54, 1.807) is 14.1 Å². The lowest BCUT2D eigenvalue weighted by Gasteiger charge is -2.25. The SMILES string of the molecule is CCCCCC(NC)C(=O)NCCCC(CC(C)=O)NC(=O)C(CCCCNC=O)NC(=O)C(CCCCN)NC. The van der Waals surface area contributed by atoms with Gasteiger partial charge in [0.2, 0.25) is 24.1 Å². The fourth-order valence-electron chi connectivity index (χ4n) is 4.64. The molecule has 0 aliphatic heterocycles. The Labute approximate surface area is 246 Å². The maximum absolute atomic E-state index is 13.3. The van der Waals surface area contributed by atoms with Gasteiger partial charge in [0.05, 0.1) is 12.1 Å². The Kier molecular flexibility index (Phi) is 23.6. The number of unbranched alkanes of at least 4 members (excludes halogenated alkanes) is 4. The molecular weight excluding hydrogens is 526 g/mol. The zero-order chi connectivity index (χ0) is 30.9. The van der Waals surface area contributed by atoms with Gasteiger partial charge in [0.25, 0.3) is 0 Å². The van der Waals surface area contributed by atoms with Crippen LogP contribution in [0.25, 0.3) is 0 Å². The maximum Gasteiger partial charge on any atom is 0.242 e. The summed E-state index contributed by atoms with van der Waals surface area (Å²) in [6.45, 7) is 5.07. The van der Waals surface area contributed by atoms with Crippen LogP contribution in [-0.2, 0) is 24.0 Å². The average Bonchev–Trinajstić information content (AvgIpc) is 2.94. The maximum atomic E-state index is 13.3. The third kappa shape index (κ3) is 19.2. The summed E-state index contributed by atoms with van der Waals surface area (Å²) in [4.78, 5) is 61.3. The molecule has 238 valence electrons. The number of nitrogens with two attached hydrogens (primary N) is 1. The van der Waals surface area contributed by atoms with Gasteiger partial charge in [-0.25, -0.2) is 0 Å². The van der Waals surface area contributed by atoms with Crippen molar-refractivity contribution in [2.45, 2.75) is 121 Å². The molecule has 0 rings (SSSR count). The minimum absolute atomic E-state index is 0.0480. The first kappa shape index (κ1) is 38.4. The molecule has 0 fully saturated rings. The van der Waals surface area contributed by atoms with Crippen LogP contribution in [0, 0.1) is 0 Å². The Balaban J connectivity index is 5.16. The molecule has 0 aliphatic carbocycles. The predicted octanol–water partition coefficient (Wildman–Crippen LogP) is 0.633. The highest BCUT2D eigenvalue weighted by Gasteiger charge is 2.26. The van der Waals surface area contributed by atoms with Gasteiger partial charge < -0.3 is 37.6 Å². The number of hydrogen-bond acceptors (Lipinski definition) is 8. The van der Waals surface area contributed by atoms with E-state index in [0.29, 0.717) is 64.6 Å². The Bertz CT molecular complexity index is 753. The van der Waals surface area contributed by atoms with Crippen molar-refractivity contribution in [3.8, 4) is 0 Å². The summed E-state index contributed by atoms with van der Waals surface area (Å²) in [6, 6.07) is -1.88. The number of carbonyl (C=O) groups excluding carboxylic acids is 5. The molecule has 0 aromatic carbocycles. The van der Waals surface area contributed by atoms with Crippen molar-refractivity contribution in [3.05, 3.63) is 0 Å². The largest absolute Gasteiger partial charge is 0.359 e. The summed E-state index contributed by atoms with van der Waals surface area (Å²) in [6.07, 6.45) is 9.69. The fraction of sp³-hybridized carbons (Fsp3) is 0.828. The molecule has 0 aromatic rings. The van der Waals surface area contributed by atoms with E-state index >= 15 is 0 Å². The van der Waals surface area contributed by atoms with E-state index in [1.807, 2.05) is 0 Å². The minimum atomic E-state index is -0.780. The Hall–Kier alpha value is -2.57. The van der Waals surface area contributed by atoms with Gasteiger partial charge in [-0.3, -0.25) is 24.0 Å². The fourth-order valence-corrected chi connectivity index (χ4v) is 4.64. The van der Waals surface area contributed by atoms with E-state index in [1.165, 1.54) is 6.92 Å². The van der Waals surface area contributed by atoms with Crippen molar-refractivity contribution in [1.29, 1.82) is 0 Å². The number of likely N-dealkylation sites (N-methyl/N-ethyl adjacent to an activating group) is 2. The molecule has 0 saturated heterocycles. The molecule has 12 heteroatoms. The summed E-state index contributed by atoms with van der Waals surface area (Å²) in [5.41, 5.74) is 5.57. The molecule has 0 radical (unpaired) electrons. The second kappa shape index (κ2) is 25.2. The molecule has 8 N–H and O–H groups in total. The quantitative estimate of drug-likeness (QED) is 0.0542. The van der Waals surface area contributed by atoms with Crippen LogP contribution >= 0.6 is 0 Å². The first-order valence-electron chi connectivity index (χ1n) is 15.3.